The molecular weight excluding hydrogens is 709 g/mol. The summed E-state index contributed by atoms with van der Waals surface area (Å²) in [6.07, 6.45) is 0. The van der Waals surface area contributed by atoms with Crippen LogP contribution in [0.15, 0.2) is 149 Å². The highest BCUT2D eigenvalue weighted by molar-refractivity contribution is 8.01. The van der Waals surface area contributed by atoms with Crippen LogP contribution in [0.2, 0.25) is 0 Å². The maximum absolute atomic E-state index is 13.4. The van der Waals surface area contributed by atoms with E-state index in [1.165, 1.54) is 34.9 Å². The molecule has 0 unspecified atom stereocenters. The Morgan fingerprint density at radius 2 is 1.44 bits per heavy atom. The highest BCUT2D eigenvalue weighted by atomic mass is 32.2. The fourth-order valence-electron chi connectivity index (χ4n) is 5.45. The van der Waals surface area contributed by atoms with Crippen molar-refractivity contribution in [1.29, 1.82) is 0 Å². The fourth-order valence-corrected chi connectivity index (χ4v) is 8.25. The van der Waals surface area contributed by atoms with E-state index in [2.05, 4.69) is 20.8 Å². The Kier molecular flexibility index (Phi) is 11.3. The summed E-state index contributed by atoms with van der Waals surface area (Å²) in [5.41, 5.74) is 4.39. The number of hydrogen-bond acceptors (Lipinski definition) is 9. The van der Waals surface area contributed by atoms with Crippen molar-refractivity contribution in [2.45, 2.75) is 34.3 Å². The average molecular weight is 743 g/mol. The molecule has 0 radical (unpaired) electrons. The van der Waals surface area contributed by atoms with Crippen molar-refractivity contribution in [3.8, 4) is 11.4 Å². The number of amides is 2. The monoisotopic (exact) mass is 742 g/mol. The molecule has 0 fully saturated rings. The predicted octanol–water partition coefficient (Wildman–Crippen LogP) is 8.57. The van der Waals surface area contributed by atoms with Gasteiger partial charge < -0.3 is 15.4 Å². The van der Waals surface area contributed by atoms with E-state index in [0.29, 0.717) is 16.7 Å². The van der Waals surface area contributed by atoms with Crippen LogP contribution >= 0.6 is 34.9 Å². The van der Waals surface area contributed by atoms with Gasteiger partial charge in [-0.1, -0.05) is 121 Å². The minimum atomic E-state index is -0.480. The molecule has 9 nitrogen and oxygen atoms in total. The Morgan fingerprint density at radius 3 is 2.12 bits per heavy atom. The Bertz CT molecular complexity index is 2210. The Hall–Kier alpha value is -5.43. The molecule has 7 aromatic rings. The van der Waals surface area contributed by atoms with Crippen molar-refractivity contribution in [2.24, 2.45) is 0 Å². The SMILES string of the molecule is C[C@@H](Sc1nnc(COc2ccccc2)n1-c1ccccc1)C(=O)Nc1ccc2nc(SCC(=O)NC(c3ccccc3)c3ccccc3)sc2c1. The maximum Gasteiger partial charge on any atom is 0.237 e. The van der Waals surface area contributed by atoms with E-state index in [4.69, 9.17) is 9.72 Å². The predicted molar refractivity (Wildman–Crippen MR) is 209 cm³/mol. The number of carbonyl (C=O) groups excluding carboxylic acids is 2. The first-order valence-corrected chi connectivity index (χ1v) is 19.3. The van der Waals surface area contributed by atoms with Gasteiger partial charge in [-0.2, -0.15) is 0 Å². The molecule has 0 bridgehead atoms. The number of para-hydroxylation sites is 2. The number of anilines is 1. The first kappa shape index (κ1) is 35.0. The largest absolute Gasteiger partial charge is 0.486 e. The van der Waals surface area contributed by atoms with Crippen molar-refractivity contribution in [2.75, 3.05) is 11.1 Å². The zero-order chi connectivity index (χ0) is 35.7. The van der Waals surface area contributed by atoms with Gasteiger partial charge in [0.05, 0.1) is 27.3 Å². The molecule has 5 aromatic carbocycles. The van der Waals surface area contributed by atoms with Crippen LogP contribution in [-0.4, -0.2) is 42.6 Å². The third-order valence-electron chi connectivity index (χ3n) is 8.01. The lowest BCUT2D eigenvalue weighted by Crippen LogP contribution is -2.30. The van der Waals surface area contributed by atoms with Crippen LogP contribution in [0.1, 0.15) is 29.9 Å². The minimum absolute atomic E-state index is 0.0830. The number of benzene rings is 5. The number of carbonyl (C=O) groups is 2. The Labute approximate surface area is 313 Å². The van der Waals surface area contributed by atoms with Crippen LogP contribution in [0.5, 0.6) is 5.75 Å². The van der Waals surface area contributed by atoms with Gasteiger partial charge in [0.15, 0.2) is 15.3 Å². The van der Waals surface area contributed by atoms with Gasteiger partial charge in [0, 0.05) is 11.4 Å². The van der Waals surface area contributed by atoms with Crippen LogP contribution in [-0.2, 0) is 16.2 Å². The lowest BCUT2D eigenvalue weighted by molar-refractivity contribution is -0.119. The zero-order valence-corrected chi connectivity index (χ0v) is 30.5. The zero-order valence-electron chi connectivity index (χ0n) is 28.1. The molecule has 52 heavy (non-hydrogen) atoms. The number of ether oxygens (including phenoxy) is 1. The van der Waals surface area contributed by atoms with E-state index >= 15 is 0 Å². The van der Waals surface area contributed by atoms with Gasteiger partial charge in [0.1, 0.15) is 12.4 Å². The number of nitrogens with zero attached hydrogens (tertiary/aromatic N) is 4. The summed E-state index contributed by atoms with van der Waals surface area (Å²) in [5, 5.41) is 15.2. The molecule has 0 aliphatic rings. The van der Waals surface area contributed by atoms with Gasteiger partial charge in [-0.25, -0.2) is 4.98 Å². The molecule has 1 atom stereocenters. The summed E-state index contributed by atoms with van der Waals surface area (Å²) >= 11 is 4.21. The van der Waals surface area contributed by atoms with Gasteiger partial charge in [0.2, 0.25) is 11.8 Å². The first-order chi connectivity index (χ1) is 25.5. The number of nitrogens with one attached hydrogen (secondary N) is 2. The van der Waals surface area contributed by atoms with Crippen LogP contribution in [0.3, 0.4) is 0 Å². The third kappa shape index (κ3) is 8.71. The third-order valence-corrected chi connectivity index (χ3v) is 11.2. The molecule has 2 heterocycles. The van der Waals surface area contributed by atoms with Crippen LogP contribution in [0.25, 0.3) is 15.9 Å². The fraction of sp³-hybridized carbons (Fsp3) is 0.125. The van der Waals surface area contributed by atoms with E-state index in [0.717, 1.165) is 37.1 Å². The number of rotatable bonds is 14. The molecule has 12 heteroatoms. The molecule has 2 amide bonds. The summed E-state index contributed by atoms with van der Waals surface area (Å²) in [6, 6.07) is 44.6. The lowest BCUT2D eigenvalue weighted by Gasteiger charge is -2.19. The average Bonchev–Trinajstić information content (AvgIpc) is 3.79. The second-order valence-corrected chi connectivity index (χ2v) is 15.3. The minimum Gasteiger partial charge on any atom is -0.486 e. The van der Waals surface area contributed by atoms with Crippen LogP contribution in [0.4, 0.5) is 5.69 Å². The summed E-state index contributed by atoms with van der Waals surface area (Å²) in [7, 11) is 0. The summed E-state index contributed by atoms with van der Waals surface area (Å²) in [6.45, 7) is 2.06. The molecule has 0 spiro atoms. The van der Waals surface area contributed by atoms with E-state index in [1.54, 1.807) is 0 Å². The number of fused-ring (bicyclic) bond motifs is 1. The molecular formula is C40H34N6O3S3. The van der Waals surface area contributed by atoms with Gasteiger partial charge in [-0.15, -0.1) is 21.5 Å². The highest BCUT2D eigenvalue weighted by Gasteiger charge is 2.22. The van der Waals surface area contributed by atoms with Crippen molar-refractivity contribution in [3.05, 3.63) is 156 Å². The molecule has 7 rings (SSSR count). The molecule has 2 aromatic heterocycles. The van der Waals surface area contributed by atoms with Crippen molar-refractivity contribution >= 4 is 62.6 Å². The quantitative estimate of drug-likeness (QED) is 0.107. The molecule has 0 saturated heterocycles. The number of thiazole rings is 1. The normalized spacial score (nSPS) is 11.7. The lowest BCUT2D eigenvalue weighted by atomic mass is 9.99. The Morgan fingerprint density at radius 1 is 0.808 bits per heavy atom. The van der Waals surface area contributed by atoms with Crippen molar-refractivity contribution < 1.29 is 14.3 Å². The molecule has 260 valence electrons. The Balaban J connectivity index is 0.981. The van der Waals surface area contributed by atoms with Crippen LogP contribution < -0.4 is 15.4 Å². The second kappa shape index (κ2) is 16.7. The van der Waals surface area contributed by atoms with E-state index in [9.17, 15) is 9.59 Å². The summed E-state index contributed by atoms with van der Waals surface area (Å²) < 4.78 is 9.59. The number of aromatic nitrogens is 4. The van der Waals surface area contributed by atoms with Gasteiger partial charge in [-0.05, 0) is 60.5 Å². The number of thioether (sulfide) groups is 2. The van der Waals surface area contributed by atoms with Gasteiger partial charge in [-0.3, -0.25) is 14.2 Å². The standard InChI is InChI=1S/C40H34N6O3S3/c1-27(51-39-45-44-35(25-49-32-20-12-5-13-21-32)46(39)31-18-10-4-11-19-31)38(48)41-30-22-23-33-34(24-30)52-40(42-33)50-26-36(47)43-37(28-14-6-2-7-15-28)29-16-8-3-9-17-29/h2-24,27,37H,25-26H2,1H3,(H,41,48)(H,43,47)/t27-/m1/s1. The number of hydrogen-bond donors (Lipinski definition) is 2. The maximum atomic E-state index is 13.4. The van der Waals surface area contributed by atoms with Crippen molar-refractivity contribution in [1.82, 2.24) is 25.1 Å². The smallest absolute Gasteiger partial charge is 0.237 e. The van der Waals surface area contributed by atoms with E-state index in [1.807, 2.05) is 151 Å². The topological polar surface area (TPSA) is 111 Å². The molecule has 0 aliphatic carbocycles. The molecule has 0 saturated carbocycles. The van der Waals surface area contributed by atoms with E-state index in [-0.39, 0.29) is 30.2 Å². The first-order valence-electron chi connectivity index (χ1n) is 16.6. The molecule has 0 aliphatic heterocycles. The summed E-state index contributed by atoms with van der Waals surface area (Å²) in [4.78, 5) is 31.3. The second-order valence-electron chi connectivity index (χ2n) is 11.7. The van der Waals surface area contributed by atoms with Crippen LogP contribution in [0, 0.1) is 0 Å². The van der Waals surface area contributed by atoms with Gasteiger partial charge >= 0.3 is 0 Å². The summed E-state index contributed by atoms with van der Waals surface area (Å²) in [5.74, 6) is 1.33. The van der Waals surface area contributed by atoms with E-state index < -0.39 is 5.25 Å². The highest BCUT2D eigenvalue weighted by Crippen LogP contribution is 2.33. The molecule has 2 N–H and O–H groups in total. The van der Waals surface area contributed by atoms with Crippen molar-refractivity contribution in [3.63, 3.8) is 0 Å². The van der Waals surface area contributed by atoms with Gasteiger partial charge in [0.25, 0.3) is 0 Å².